The highest BCUT2D eigenvalue weighted by molar-refractivity contribution is 5.82. The molecule has 23 heavy (non-hydrogen) atoms. The second-order valence-corrected chi connectivity index (χ2v) is 5.92. The fourth-order valence-electron chi connectivity index (χ4n) is 2.81. The Hall–Kier alpha value is -2.30. The Morgan fingerprint density at radius 3 is 2.35 bits per heavy atom. The second-order valence-electron chi connectivity index (χ2n) is 5.92. The van der Waals surface area contributed by atoms with Crippen LogP contribution in [-0.2, 0) is 6.18 Å². The van der Waals surface area contributed by atoms with Crippen molar-refractivity contribution in [3.63, 3.8) is 0 Å². The number of halogens is 3. The first-order chi connectivity index (χ1) is 10.8. The summed E-state index contributed by atoms with van der Waals surface area (Å²) >= 11 is 0. The minimum absolute atomic E-state index is 0.0892. The first-order valence-corrected chi connectivity index (χ1v) is 7.44. The Bertz CT molecular complexity index is 860. The fourth-order valence-corrected chi connectivity index (χ4v) is 2.81. The molecule has 0 unspecified atom stereocenters. The lowest BCUT2D eigenvalue weighted by Gasteiger charge is -2.14. The van der Waals surface area contributed by atoms with Crippen LogP contribution in [0.5, 0.6) is 0 Å². The highest BCUT2D eigenvalue weighted by Crippen LogP contribution is 2.34. The molecule has 0 bridgehead atoms. The number of alkyl halides is 3. The molecule has 1 aromatic heterocycles. The van der Waals surface area contributed by atoms with E-state index >= 15 is 0 Å². The van der Waals surface area contributed by atoms with Crippen LogP contribution in [0.15, 0.2) is 42.5 Å². The molecule has 3 rings (SSSR count). The molecular weight excluding hydrogens is 301 g/mol. The monoisotopic (exact) mass is 318 g/mol. The maximum absolute atomic E-state index is 12.9. The summed E-state index contributed by atoms with van der Waals surface area (Å²) in [5.74, 6) is 0.701. The molecule has 2 nitrogen and oxygen atoms in total. The van der Waals surface area contributed by atoms with Gasteiger partial charge in [0.2, 0.25) is 0 Å². The molecule has 2 aromatic carbocycles. The summed E-state index contributed by atoms with van der Waals surface area (Å²) < 4.78 is 40.8. The average Bonchev–Trinajstić information content (AvgIpc) is 2.85. The molecule has 0 aliphatic heterocycles. The van der Waals surface area contributed by atoms with Crippen LogP contribution in [0.1, 0.15) is 31.0 Å². The SMILES string of the molecule is Cc1ccccc1-c1nc2cc(C(F)(F)F)ccc2n1C(C)C. The highest BCUT2D eigenvalue weighted by atomic mass is 19.4. The first kappa shape index (κ1) is 15.6. The quantitative estimate of drug-likeness (QED) is 0.600. The highest BCUT2D eigenvalue weighted by Gasteiger charge is 2.31. The van der Waals surface area contributed by atoms with Gasteiger partial charge < -0.3 is 4.57 Å². The molecular formula is C18H17F3N2. The van der Waals surface area contributed by atoms with Crippen molar-refractivity contribution >= 4 is 11.0 Å². The van der Waals surface area contributed by atoms with Crippen LogP contribution < -0.4 is 0 Å². The molecule has 0 fully saturated rings. The van der Waals surface area contributed by atoms with E-state index in [4.69, 9.17) is 0 Å². The van der Waals surface area contributed by atoms with Gasteiger partial charge in [-0.25, -0.2) is 4.98 Å². The minimum Gasteiger partial charge on any atom is -0.321 e. The topological polar surface area (TPSA) is 17.8 Å². The number of benzene rings is 2. The second kappa shape index (κ2) is 5.41. The van der Waals surface area contributed by atoms with E-state index in [1.54, 1.807) is 0 Å². The van der Waals surface area contributed by atoms with Crippen LogP contribution >= 0.6 is 0 Å². The van der Waals surface area contributed by atoms with Crippen LogP contribution in [0.4, 0.5) is 13.2 Å². The predicted octanol–water partition coefficient (Wildman–Crippen LogP) is 5.61. The van der Waals surface area contributed by atoms with E-state index < -0.39 is 11.7 Å². The minimum atomic E-state index is -4.36. The molecule has 0 atom stereocenters. The number of nitrogens with zero attached hydrogens (tertiary/aromatic N) is 2. The smallest absolute Gasteiger partial charge is 0.321 e. The van der Waals surface area contributed by atoms with Crippen molar-refractivity contribution in [3.05, 3.63) is 53.6 Å². The summed E-state index contributed by atoms with van der Waals surface area (Å²) in [5.41, 5.74) is 2.39. The number of hydrogen-bond donors (Lipinski definition) is 0. The van der Waals surface area contributed by atoms with E-state index in [0.717, 1.165) is 23.3 Å². The summed E-state index contributed by atoms with van der Waals surface area (Å²) in [5, 5.41) is 0. The standard InChI is InChI=1S/C18H17F3N2/c1-11(2)23-16-9-8-13(18(19,20)21)10-15(16)22-17(23)14-7-5-4-6-12(14)3/h4-11H,1-3H3. The van der Waals surface area contributed by atoms with Gasteiger partial charge in [-0.3, -0.25) is 0 Å². The van der Waals surface area contributed by atoms with E-state index in [0.29, 0.717) is 16.9 Å². The lowest BCUT2D eigenvalue weighted by molar-refractivity contribution is -0.137. The van der Waals surface area contributed by atoms with Gasteiger partial charge in [-0.1, -0.05) is 24.3 Å². The number of rotatable bonds is 2. The van der Waals surface area contributed by atoms with Gasteiger partial charge in [0.25, 0.3) is 0 Å². The van der Waals surface area contributed by atoms with Crippen molar-refractivity contribution in [1.82, 2.24) is 9.55 Å². The van der Waals surface area contributed by atoms with Gasteiger partial charge in [-0.15, -0.1) is 0 Å². The van der Waals surface area contributed by atoms with Crippen LogP contribution in [0.25, 0.3) is 22.4 Å². The molecule has 0 N–H and O–H groups in total. The lowest BCUT2D eigenvalue weighted by Crippen LogP contribution is -2.05. The Morgan fingerprint density at radius 2 is 1.74 bits per heavy atom. The summed E-state index contributed by atoms with van der Waals surface area (Å²) in [6.07, 6.45) is -4.36. The first-order valence-electron chi connectivity index (χ1n) is 7.44. The Kier molecular flexibility index (Phi) is 3.66. The lowest BCUT2D eigenvalue weighted by atomic mass is 10.1. The normalized spacial score (nSPS) is 12.3. The fraction of sp³-hybridized carbons (Fsp3) is 0.278. The van der Waals surface area contributed by atoms with Gasteiger partial charge in [0.05, 0.1) is 16.6 Å². The van der Waals surface area contributed by atoms with Crippen molar-refractivity contribution in [3.8, 4) is 11.4 Å². The summed E-state index contributed by atoms with van der Waals surface area (Å²) in [6.45, 7) is 5.97. The molecule has 0 saturated heterocycles. The third-order valence-corrected chi connectivity index (χ3v) is 3.92. The molecule has 0 amide bonds. The van der Waals surface area contributed by atoms with Gasteiger partial charge in [0.1, 0.15) is 5.82 Å². The van der Waals surface area contributed by atoms with E-state index in [-0.39, 0.29) is 6.04 Å². The molecule has 5 heteroatoms. The molecule has 0 aliphatic carbocycles. The Balaban J connectivity index is 2.30. The number of hydrogen-bond acceptors (Lipinski definition) is 1. The van der Waals surface area contributed by atoms with Crippen LogP contribution in [-0.4, -0.2) is 9.55 Å². The van der Waals surface area contributed by atoms with Gasteiger partial charge in [0, 0.05) is 11.6 Å². The number of aryl methyl sites for hydroxylation is 1. The predicted molar refractivity (Wildman–Crippen MR) is 85.3 cm³/mol. The average molecular weight is 318 g/mol. The van der Waals surface area contributed by atoms with Gasteiger partial charge in [0.15, 0.2) is 0 Å². The van der Waals surface area contributed by atoms with E-state index in [2.05, 4.69) is 4.98 Å². The molecule has 0 radical (unpaired) electrons. The zero-order valence-corrected chi connectivity index (χ0v) is 13.1. The van der Waals surface area contributed by atoms with E-state index in [1.165, 1.54) is 6.07 Å². The Morgan fingerprint density at radius 1 is 1.04 bits per heavy atom. The van der Waals surface area contributed by atoms with Crippen molar-refractivity contribution in [2.75, 3.05) is 0 Å². The van der Waals surface area contributed by atoms with E-state index in [1.807, 2.05) is 49.6 Å². The zero-order valence-electron chi connectivity index (χ0n) is 13.1. The molecule has 0 aliphatic rings. The van der Waals surface area contributed by atoms with E-state index in [9.17, 15) is 13.2 Å². The largest absolute Gasteiger partial charge is 0.416 e. The third kappa shape index (κ3) is 2.71. The molecule has 3 aromatic rings. The van der Waals surface area contributed by atoms with Gasteiger partial charge in [-0.05, 0) is 44.5 Å². The van der Waals surface area contributed by atoms with Crippen molar-refractivity contribution in [1.29, 1.82) is 0 Å². The maximum Gasteiger partial charge on any atom is 0.416 e. The van der Waals surface area contributed by atoms with Gasteiger partial charge >= 0.3 is 6.18 Å². The number of aromatic nitrogens is 2. The van der Waals surface area contributed by atoms with Crippen molar-refractivity contribution in [2.45, 2.75) is 33.0 Å². The van der Waals surface area contributed by atoms with Crippen LogP contribution in [0.3, 0.4) is 0 Å². The number of fused-ring (bicyclic) bond motifs is 1. The molecule has 0 spiro atoms. The summed E-state index contributed by atoms with van der Waals surface area (Å²) in [4.78, 5) is 4.50. The molecule has 120 valence electrons. The number of imidazole rings is 1. The Labute approximate surface area is 132 Å². The van der Waals surface area contributed by atoms with Crippen LogP contribution in [0, 0.1) is 6.92 Å². The van der Waals surface area contributed by atoms with Crippen LogP contribution in [0.2, 0.25) is 0 Å². The molecule has 0 saturated carbocycles. The maximum atomic E-state index is 12.9. The van der Waals surface area contributed by atoms with Crippen molar-refractivity contribution < 1.29 is 13.2 Å². The summed E-state index contributed by atoms with van der Waals surface area (Å²) in [6, 6.07) is 11.6. The van der Waals surface area contributed by atoms with Gasteiger partial charge in [-0.2, -0.15) is 13.2 Å². The molecule has 1 heterocycles. The summed E-state index contributed by atoms with van der Waals surface area (Å²) in [7, 11) is 0. The third-order valence-electron chi connectivity index (χ3n) is 3.92. The zero-order chi connectivity index (χ0) is 16.8. The van der Waals surface area contributed by atoms with Crippen molar-refractivity contribution in [2.24, 2.45) is 0 Å².